The number of carbonyl (C=O) groups is 1. The lowest BCUT2D eigenvalue weighted by atomic mass is 9.99. The van der Waals surface area contributed by atoms with E-state index in [1.165, 1.54) is 17.2 Å². The van der Waals surface area contributed by atoms with E-state index in [0.717, 1.165) is 54.0 Å². The number of carbonyl (C=O) groups excluding carboxylic acids is 1. The molecule has 1 aliphatic heterocycles. The number of quaternary nitrogens is 1. The van der Waals surface area contributed by atoms with Crippen molar-refractivity contribution in [1.29, 1.82) is 0 Å². The van der Waals surface area contributed by atoms with Crippen LogP contribution in [0.5, 0.6) is 0 Å². The van der Waals surface area contributed by atoms with E-state index in [2.05, 4.69) is 21.6 Å². The summed E-state index contributed by atoms with van der Waals surface area (Å²) in [5, 5.41) is 23.9. The first kappa shape index (κ1) is 23.2. The summed E-state index contributed by atoms with van der Waals surface area (Å²) in [6, 6.07) is 3.68. The van der Waals surface area contributed by atoms with Crippen LogP contribution >= 0.6 is 0 Å². The molecule has 10 nitrogen and oxygen atoms in total. The Morgan fingerprint density at radius 3 is 2.32 bits per heavy atom. The second kappa shape index (κ2) is 9.21. The Morgan fingerprint density at radius 1 is 1.09 bits per heavy atom. The van der Waals surface area contributed by atoms with Gasteiger partial charge in [0.15, 0.2) is 5.82 Å². The molecule has 0 saturated carbocycles. The summed E-state index contributed by atoms with van der Waals surface area (Å²) in [7, 11) is -4.69. The van der Waals surface area contributed by atoms with E-state index in [1.807, 2.05) is 0 Å². The third kappa shape index (κ3) is 4.17. The van der Waals surface area contributed by atoms with Gasteiger partial charge in [0.25, 0.3) is 0 Å². The molecular formula is C23H29N5O5S. The predicted octanol–water partition coefficient (Wildman–Crippen LogP) is 1.61. The van der Waals surface area contributed by atoms with Gasteiger partial charge >= 0.3 is 16.2 Å². The molecule has 2 aromatic rings. The lowest BCUT2D eigenvalue weighted by Crippen LogP contribution is -3.14. The van der Waals surface area contributed by atoms with Crippen LogP contribution in [0.2, 0.25) is 0 Å². The minimum absolute atomic E-state index is 0.0279. The summed E-state index contributed by atoms with van der Waals surface area (Å²) in [5.74, 6) is 0.0279. The van der Waals surface area contributed by atoms with Gasteiger partial charge in [-0.1, -0.05) is 6.07 Å². The SMILES string of the molecule is Cc1ccc(N(C2CCOCC2)S(=O)(=O)[NH+]([O-])C(=O)Nc2c3c(cc4c2CCC4)CCC3)nn1. The van der Waals surface area contributed by atoms with E-state index in [1.54, 1.807) is 13.0 Å². The van der Waals surface area contributed by atoms with E-state index in [-0.39, 0.29) is 5.82 Å². The average Bonchev–Trinajstić information content (AvgIpc) is 3.50. The number of hydroxylamine groups is 1. The summed E-state index contributed by atoms with van der Waals surface area (Å²) in [6.07, 6.45) is 6.24. The second-order valence-corrected chi connectivity index (χ2v) is 10.9. The number of aryl methyl sites for hydroxylation is 3. The molecule has 182 valence electrons. The normalized spacial score (nSPS) is 18.9. The zero-order chi connectivity index (χ0) is 23.9. The fraction of sp³-hybridized carbons (Fsp3) is 0.522. The maximum Gasteiger partial charge on any atom is 0.436 e. The molecular weight excluding hydrogens is 458 g/mol. The van der Waals surface area contributed by atoms with Gasteiger partial charge in [0.2, 0.25) is 0 Å². The molecule has 2 aliphatic carbocycles. The van der Waals surface area contributed by atoms with Crippen LogP contribution < -0.4 is 14.1 Å². The van der Waals surface area contributed by atoms with E-state index < -0.39 is 26.8 Å². The highest BCUT2D eigenvalue weighted by Crippen LogP contribution is 2.38. The Balaban J connectivity index is 1.46. The number of ether oxygens (including phenoxy) is 1. The second-order valence-electron chi connectivity index (χ2n) is 9.15. The maximum absolute atomic E-state index is 13.5. The summed E-state index contributed by atoms with van der Waals surface area (Å²) in [5.41, 5.74) is 5.69. The quantitative estimate of drug-likeness (QED) is 0.613. The van der Waals surface area contributed by atoms with E-state index in [0.29, 0.717) is 37.4 Å². The van der Waals surface area contributed by atoms with Gasteiger partial charge < -0.3 is 9.94 Å². The number of urea groups is 1. The van der Waals surface area contributed by atoms with Gasteiger partial charge in [-0.3, -0.25) is 5.32 Å². The van der Waals surface area contributed by atoms with Gasteiger partial charge in [-0.25, -0.2) is 9.10 Å². The Morgan fingerprint density at radius 2 is 1.74 bits per heavy atom. The number of aromatic nitrogens is 2. The number of fused-ring (bicyclic) bond motifs is 2. The number of hydrogen-bond donors (Lipinski definition) is 2. The van der Waals surface area contributed by atoms with Gasteiger partial charge in [-0.15, -0.1) is 5.10 Å². The van der Waals surface area contributed by atoms with Gasteiger partial charge in [-0.2, -0.15) is 18.0 Å². The molecule has 34 heavy (non-hydrogen) atoms. The number of amides is 2. The molecule has 1 saturated heterocycles. The molecule has 2 amide bonds. The zero-order valence-corrected chi connectivity index (χ0v) is 20.0. The number of benzene rings is 1. The smallest absolute Gasteiger partial charge is 0.436 e. The molecule has 2 N–H and O–H groups in total. The van der Waals surface area contributed by atoms with Crippen LogP contribution in [0.3, 0.4) is 0 Å². The van der Waals surface area contributed by atoms with Crippen molar-refractivity contribution in [1.82, 2.24) is 10.2 Å². The number of anilines is 2. The van der Waals surface area contributed by atoms with Gasteiger partial charge in [0.1, 0.15) is 0 Å². The van der Waals surface area contributed by atoms with E-state index >= 15 is 0 Å². The van der Waals surface area contributed by atoms with E-state index in [4.69, 9.17) is 4.74 Å². The number of nitrogens with zero attached hydrogens (tertiary/aromatic N) is 3. The van der Waals surface area contributed by atoms with Crippen molar-refractivity contribution in [2.45, 2.75) is 64.3 Å². The largest absolute Gasteiger partial charge is 0.608 e. The monoisotopic (exact) mass is 487 g/mol. The molecule has 1 unspecified atom stereocenters. The number of hydrogen-bond acceptors (Lipinski definition) is 7. The third-order valence-electron chi connectivity index (χ3n) is 6.92. The fourth-order valence-electron chi connectivity index (χ4n) is 5.27. The fourth-order valence-corrected chi connectivity index (χ4v) is 6.68. The molecule has 1 aromatic carbocycles. The van der Waals surface area contributed by atoms with Crippen molar-refractivity contribution < 1.29 is 22.4 Å². The van der Waals surface area contributed by atoms with Gasteiger partial charge in [0, 0.05) is 13.2 Å². The lowest BCUT2D eigenvalue weighted by Gasteiger charge is -2.35. The summed E-state index contributed by atoms with van der Waals surface area (Å²) in [4.78, 5) is 13.1. The molecule has 1 fully saturated rings. The predicted molar refractivity (Wildman–Crippen MR) is 126 cm³/mol. The van der Waals surface area contributed by atoms with Crippen molar-refractivity contribution >= 4 is 27.7 Å². The van der Waals surface area contributed by atoms with Crippen molar-refractivity contribution in [3.63, 3.8) is 0 Å². The van der Waals surface area contributed by atoms with Crippen molar-refractivity contribution in [2.75, 3.05) is 22.8 Å². The van der Waals surface area contributed by atoms with Crippen LogP contribution in [0.15, 0.2) is 18.2 Å². The van der Waals surface area contributed by atoms with Crippen LogP contribution in [-0.4, -0.2) is 43.9 Å². The molecule has 0 bridgehead atoms. The molecule has 3 aliphatic rings. The highest BCUT2D eigenvalue weighted by Gasteiger charge is 2.41. The van der Waals surface area contributed by atoms with Crippen LogP contribution in [0.25, 0.3) is 0 Å². The molecule has 0 radical (unpaired) electrons. The van der Waals surface area contributed by atoms with Crippen LogP contribution in [0, 0.1) is 12.1 Å². The molecule has 5 rings (SSSR count). The van der Waals surface area contributed by atoms with Crippen LogP contribution in [0.1, 0.15) is 53.6 Å². The number of rotatable bonds is 5. The molecule has 1 aromatic heterocycles. The first-order chi connectivity index (χ1) is 16.4. The van der Waals surface area contributed by atoms with Crippen molar-refractivity contribution in [3.05, 3.63) is 51.4 Å². The molecule has 1 atom stereocenters. The van der Waals surface area contributed by atoms with Gasteiger partial charge in [-0.05, 0) is 92.7 Å². The van der Waals surface area contributed by atoms with Crippen molar-refractivity contribution in [3.8, 4) is 0 Å². The van der Waals surface area contributed by atoms with Crippen LogP contribution in [-0.2, 0) is 40.6 Å². The highest BCUT2D eigenvalue weighted by molar-refractivity contribution is 7.86. The Kier molecular flexibility index (Phi) is 6.28. The molecule has 2 heterocycles. The first-order valence-electron chi connectivity index (χ1n) is 11.8. The highest BCUT2D eigenvalue weighted by atomic mass is 32.2. The molecule has 0 spiro atoms. The first-order valence-corrected chi connectivity index (χ1v) is 13.2. The van der Waals surface area contributed by atoms with E-state index in [9.17, 15) is 18.4 Å². The number of nitrogens with one attached hydrogen (secondary N) is 2. The van der Waals surface area contributed by atoms with Gasteiger partial charge in [0.05, 0.1) is 17.4 Å². The maximum atomic E-state index is 13.5. The van der Waals surface area contributed by atoms with Crippen molar-refractivity contribution in [2.24, 2.45) is 0 Å². The topological polar surface area (TPSA) is 129 Å². The minimum atomic E-state index is -4.69. The zero-order valence-electron chi connectivity index (χ0n) is 19.2. The Labute approximate surface area is 199 Å². The third-order valence-corrected chi connectivity index (χ3v) is 8.58. The molecule has 11 heteroatoms. The lowest BCUT2D eigenvalue weighted by molar-refractivity contribution is -0.604. The minimum Gasteiger partial charge on any atom is -0.608 e. The van der Waals surface area contributed by atoms with Crippen LogP contribution in [0.4, 0.5) is 16.3 Å². The Bertz CT molecular complexity index is 1160. The Hall–Kier alpha value is -2.60. The summed E-state index contributed by atoms with van der Waals surface area (Å²) >= 11 is 0. The summed E-state index contributed by atoms with van der Waals surface area (Å²) < 4.78 is 31.9. The standard InChI is InChI=1S/C23H29N5O5S/c1-15-8-9-21(26-25-15)27(18-10-12-33-13-11-18)34(31,32)28(30)23(29)24-22-19-6-2-4-16(19)14-17-5-3-7-20(17)22/h8-9,14,18,28H,2-7,10-13H2,1H3,(H,24,29). The average molecular weight is 488 g/mol. The summed E-state index contributed by atoms with van der Waals surface area (Å²) in [6.45, 7) is 2.46.